The van der Waals surface area contributed by atoms with Crippen molar-refractivity contribution >= 4 is 34.7 Å². The Labute approximate surface area is 214 Å². The average molecular weight is 518 g/mol. The van der Waals surface area contributed by atoms with Gasteiger partial charge in [-0.1, -0.05) is 12.1 Å². The van der Waals surface area contributed by atoms with Gasteiger partial charge in [0.2, 0.25) is 0 Å². The molecule has 0 aliphatic carbocycles. The van der Waals surface area contributed by atoms with E-state index in [4.69, 9.17) is 9.47 Å². The van der Waals surface area contributed by atoms with Crippen molar-refractivity contribution in [2.75, 3.05) is 25.0 Å². The number of amides is 3. The fraction of sp³-hybridized carbons (Fsp3) is 0.400. The first-order valence-electron chi connectivity index (χ1n) is 11.4. The van der Waals surface area contributed by atoms with Gasteiger partial charge in [0.05, 0.1) is 6.54 Å². The second-order valence-corrected chi connectivity index (χ2v) is 10.3. The van der Waals surface area contributed by atoms with Gasteiger partial charge >= 0.3 is 6.09 Å². The Hall–Kier alpha value is -3.44. The topological polar surface area (TPSA) is 137 Å². The molecule has 2 aromatic rings. The summed E-state index contributed by atoms with van der Waals surface area (Å²) >= 11 is 0.889. The van der Waals surface area contributed by atoms with Crippen LogP contribution < -0.4 is 15.4 Å². The summed E-state index contributed by atoms with van der Waals surface area (Å²) in [6.07, 6.45) is -1.00. The monoisotopic (exact) mass is 517 g/mol. The van der Waals surface area contributed by atoms with Crippen LogP contribution in [0.3, 0.4) is 0 Å². The third-order valence-electron chi connectivity index (χ3n) is 4.97. The molecule has 10 nitrogen and oxygen atoms in total. The number of nitrogens with zero attached hydrogens (tertiary/aromatic N) is 1. The van der Waals surface area contributed by atoms with Crippen LogP contribution in [0.2, 0.25) is 0 Å². The van der Waals surface area contributed by atoms with Gasteiger partial charge in [0.25, 0.3) is 11.1 Å². The molecule has 0 bridgehead atoms. The van der Waals surface area contributed by atoms with E-state index in [1.807, 2.05) is 12.1 Å². The molecule has 0 radical (unpaired) electrons. The van der Waals surface area contributed by atoms with E-state index < -0.39 is 23.2 Å². The van der Waals surface area contributed by atoms with E-state index in [1.165, 1.54) is 17.0 Å². The van der Waals surface area contributed by atoms with E-state index in [0.717, 1.165) is 17.3 Å². The molecular weight excluding hydrogens is 486 g/mol. The molecule has 1 aliphatic heterocycles. The van der Waals surface area contributed by atoms with Crippen LogP contribution >= 0.6 is 11.8 Å². The second-order valence-electron chi connectivity index (χ2n) is 9.25. The summed E-state index contributed by atoms with van der Waals surface area (Å²) in [7, 11) is 0. The molecule has 2 aromatic carbocycles. The number of aliphatic hydroxyl groups excluding tert-OH is 1. The summed E-state index contributed by atoms with van der Waals surface area (Å²) in [4.78, 5) is 37.3. The molecular formula is C25H31N3O7S. The van der Waals surface area contributed by atoms with Gasteiger partial charge in [-0.2, -0.15) is 0 Å². The van der Waals surface area contributed by atoms with Gasteiger partial charge in [0.1, 0.15) is 29.8 Å². The van der Waals surface area contributed by atoms with Crippen molar-refractivity contribution in [1.82, 2.24) is 10.2 Å². The van der Waals surface area contributed by atoms with Gasteiger partial charge in [-0.3, -0.25) is 14.9 Å². The van der Waals surface area contributed by atoms with E-state index >= 15 is 0 Å². The van der Waals surface area contributed by atoms with Gasteiger partial charge in [0.15, 0.2) is 5.37 Å². The van der Waals surface area contributed by atoms with E-state index in [-0.39, 0.29) is 30.0 Å². The lowest BCUT2D eigenvalue weighted by Crippen LogP contribution is -2.43. The molecule has 1 unspecified atom stereocenters. The molecule has 2 atom stereocenters. The number of rotatable bonds is 10. The van der Waals surface area contributed by atoms with Crippen molar-refractivity contribution in [1.29, 1.82) is 0 Å². The third kappa shape index (κ3) is 8.65. The Morgan fingerprint density at radius 3 is 2.39 bits per heavy atom. The second kappa shape index (κ2) is 12.0. The minimum Gasteiger partial charge on any atom is -0.508 e. The van der Waals surface area contributed by atoms with E-state index in [2.05, 4.69) is 10.6 Å². The predicted molar refractivity (Wildman–Crippen MR) is 136 cm³/mol. The lowest BCUT2D eigenvalue weighted by atomic mass is 10.1. The van der Waals surface area contributed by atoms with Crippen LogP contribution in [-0.2, 0) is 16.0 Å². The zero-order valence-electron chi connectivity index (χ0n) is 20.4. The maximum atomic E-state index is 12.8. The number of phenolic OH excluding ortho intramolecular Hbond substituents is 1. The SMILES string of the molecule is CC(C)(C)OC(=O)N(CCc1ccc(NC2SC(=O)NC2=O)cc1)C[C@H](O)COc1ccc(O)cc1. The van der Waals surface area contributed by atoms with Crippen molar-refractivity contribution < 1.29 is 34.1 Å². The Bertz CT molecular complexity index is 1050. The Morgan fingerprint density at radius 1 is 1.14 bits per heavy atom. The Morgan fingerprint density at radius 2 is 1.81 bits per heavy atom. The van der Waals surface area contributed by atoms with Crippen LogP contribution in [0.4, 0.5) is 15.3 Å². The minimum atomic E-state index is -0.962. The minimum absolute atomic E-state index is 0.00861. The van der Waals surface area contributed by atoms with Gasteiger partial charge in [0, 0.05) is 12.2 Å². The van der Waals surface area contributed by atoms with Crippen molar-refractivity contribution in [3.63, 3.8) is 0 Å². The van der Waals surface area contributed by atoms with Crippen molar-refractivity contribution in [3.8, 4) is 11.5 Å². The molecule has 11 heteroatoms. The lowest BCUT2D eigenvalue weighted by molar-refractivity contribution is -0.118. The van der Waals surface area contributed by atoms with Crippen molar-refractivity contribution in [2.45, 2.75) is 44.3 Å². The van der Waals surface area contributed by atoms with Gasteiger partial charge in [-0.05, 0) is 80.9 Å². The van der Waals surface area contributed by atoms with Crippen LogP contribution in [-0.4, -0.2) is 69.1 Å². The normalized spacial score (nSPS) is 16.3. The van der Waals surface area contributed by atoms with Gasteiger partial charge in [-0.25, -0.2) is 4.79 Å². The molecule has 4 N–H and O–H groups in total. The van der Waals surface area contributed by atoms with Crippen molar-refractivity contribution in [2.24, 2.45) is 0 Å². The van der Waals surface area contributed by atoms with E-state index in [1.54, 1.807) is 45.0 Å². The highest BCUT2D eigenvalue weighted by molar-refractivity contribution is 8.15. The molecule has 1 aliphatic rings. The molecule has 3 amide bonds. The number of anilines is 1. The fourth-order valence-electron chi connectivity index (χ4n) is 3.26. The van der Waals surface area contributed by atoms with Gasteiger partial charge in [-0.15, -0.1) is 0 Å². The van der Waals surface area contributed by atoms with Crippen LogP contribution in [0.15, 0.2) is 48.5 Å². The number of aliphatic hydroxyl groups is 1. The number of carbonyl (C=O) groups excluding carboxylic acids is 3. The standard InChI is InChI=1S/C25H31N3O7S/c1-25(2,3)35-24(33)28(14-19(30)15-34-20-10-8-18(29)9-11-20)13-12-16-4-6-17(7-5-16)26-22-21(31)27-23(32)36-22/h4-11,19,22,26,29-30H,12-15H2,1-3H3,(H,27,31,32)/t19-,22?/m0/s1. The molecule has 0 saturated carbocycles. The third-order valence-corrected chi connectivity index (χ3v) is 5.86. The molecule has 0 spiro atoms. The number of hydrogen-bond donors (Lipinski definition) is 4. The highest BCUT2D eigenvalue weighted by atomic mass is 32.2. The highest BCUT2D eigenvalue weighted by Gasteiger charge is 2.31. The van der Waals surface area contributed by atoms with Crippen molar-refractivity contribution in [3.05, 3.63) is 54.1 Å². The maximum Gasteiger partial charge on any atom is 0.410 e. The lowest BCUT2D eigenvalue weighted by Gasteiger charge is -2.29. The number of thioether (sulfide) groups is 1. The number of hydrogen-bond acceptors (Lipinski definition) is 9. The first-order chi connectivity index (χ1) is 17.0. The number of ether oxygens (including phenoxy) is 2. The Kier molecular flexibility index (Phi) is 9.05. The molecule has 1 heterocycles. The van der Waals surface area contributed by atoms with Crippen LogP contribution in [0.1, 0.15) is 26.3 Å². The number of phenols is 1. The zero-order chi connectivity index (χ0) is 26.3. The summed E-state index contributed by atoms with van der Waals surface area (Å²) in [6, 6.07) is 13.4. The summed E-state index contributed by atoms with van der Waals surface area (Å²) in [6.45, 7) is 5.59. The molecule has 36 heavy (non-hydrogen) atoms. The Balaban J connectivity index is 1.56. The number of aromatic hydroxyl groups is 1. The number of nitrogens with one attached hydrogen (secondary N) is 2. The first-order valence-corrected chi connectivity index (χ1v) is 12.3. The number of imide groups is 1. The molecule has 1 fully saturated rings. The fourth-order valence-corrected chi connectivity index (χ4v) is 3.99. The molecule has 1 saturated heterocycles. The highest BCUT2D eigenvalue weighted by Crippen LogP contribution is 2.22. The quantitative estimate of drug-likeness (QED) is 0.374. The molecule has 3 rings (SSSR count). The summed E-state index contributed by atoms with van der Waals surface area (Å²) in [5.74, 6) is 0.220. The largest absolute Gasteiger partial charge is 0.508 e. The van der Waals surface area contributed by atoms with E-state index in [0.29, 0.717) is 24.4 Å². The van der Waals surface area contributed by atoms with Crippen LogP contribution in [0.25, 0.3) is 0 Å². The zero-order valence-corrected chi connectivity index (χ0v) is 21.2. The van der Waals surface area contributed by atoms with Crippen LogP contribution in [0, 0.1) is 0 Å². The molecule has 194 valence electrons. The number of benzene rings is 2. The van der Waals surface area contributed by atoms with Gasteiger partial charge < -0.3 is 29.9 Å². The number of carbonyl (C=O) groups is 3. The molecule has 0 aromatic heterocycles. The predicted octanol–water partition coefficient (Wildman–Crippen LogP) is 3.33. The smallest absolute Gasteiger partial charge is 0.410 e. The average Bonchev–Trinajstić information content (AvgIpc) is 3.12. The summed E-state index contributed by atoms with van der Waals surface area (Å²) < 4.78 is 11.1. The summed E-state index contributed by atoms with van der Waals surface area (Å²) in [5.41, 5.74) is 0.928. The van der Waals surface area contributed by atoms with Crippen LogP contribution in [0.5, 0.6) is 11.5 Å². The van der Waals surface area contributed by atoms with E-state index in [9.17, 15) is 24.6 Å². The summed E-state index contributed by atoms with van der Waals surface area (Å²) in [5, 5.41) is 24.0. The maximum absolute atomic E-state index is 12.8. The first kappa shape index (κ1) is 27.2.